The first kappa shape index (κ1) is 14.3. The van der Waals surface area contributed by atoms with Gasteiger partial charge in [0, 0.05) is 11.6 Å². The van der Waals surface area contributed by atoms with Gasteiger partial charge in [-0.1, -0.05) is 36.4 Å². The average Bonchev–Trinajstić information content (AvgIpc) is 2.83. The number of benzene rings is 2. The number of ketones is 2. The topological polar surface area (TPSA) is 43.4 Å². The van der Waals surface area contributed by atoms with Crippen molar-refractivity contribution in [2.24, 2.45) is 0 Å². The van der Waals surface area contributed by atoms with E-state index in [2.05, 4.69) is 0 Å². The fraction of sp³-hybridized carbons (Fsp3) is 0.158. The fourth-order valence-electron chi connectivity index (χ4n) is 2.64. The number of hydrogen-bond acceptors (Lipinski definition) is 3. The molecule has 0 atom stereocenters. The van der Waals surface area contributed by atoms with Crippen molar-refractivity contribution in [3.05, 3.63) is 76.1 Å². The normalized spacial score (nSPS) is 14.9. The molecule has 0 aliphatic carbocycles. The zero-order chi connectivity index (χ0) is 15.9. The van der Waals surface area contributed by atoms with Crippen molar-refractivity contribution in [3.63, 3.8) is 0 Å². The van der Waals surface area contributed by atoms with Crippen molar-refractivity contribution in [3.8, 4) is 5.75 Å². The van der Waals surface area contributed by atoms with Crippen LogP contribution < -0.4 is 4.74 Å². The second-order valence-corrected chi connectivity index (χ2v) is 5.51. The molecule has 0 saturated heterocycles. The van der Waals surface area contributed by atoms with Crippen LogP contribution in [0.4, 0.5) is 0 Å². The Bertz CT molecular complexity index is 814. The Kier molecular flexibility index (Phi) is 3.41. The maximum absolute atomic E-state index is 12.5. The number of Topliss-reactive ketones (excluding diaryl/α,β-unsaturated/α-hetero) is 1. The Morgan fingerprint density at radius 2 is 1.73 bits per heavy atom. The van der Waals surface area contributed by atoms with Crippen molar-refractivity contribution in [2.45, 2.75) is 20.8 Å². The summed E-state index contributed by atoms with van der Waals surface area (Å²) in [5, 5.41) is 0. The molecule has 1 aliphatic heterocycles. The summed E-state index contributed by atoms with van der Waals surface area (Å²) >= 11 is 0. The Morgan fingerprint density at radius 1 is 1.05 bits per heavy atom. The van der Waals surface area contributed by atoms with Gasteiger partial charge in [0.05, 0.1) is 5.56 Å². The number of hydrogen-bond donors (Lipinski definition) is 0. The molecule has 0 radical (unpaired) electrons. The van der Waals surface area contributed by atoms with Gasteiger partial charge in [0.15, 0.2) is 11.5 Å². The summed E-state index contributed by atoms with van der Waals surface area (Å²) in [5.74, 6) is 0.221. The third-order valence-electron chi connectivity index (χ3n) is 3.97. The molecule has 2 aromatic carbocycles. The van der Waals surface area contributed by atoms with Gasteiger partial charge in [0.25, 0.3) is 0 Å². The van der Waals surface area contributed by atoms with Gasteiger partial charge in [-0.3, -0.25) is 9.59 Å². The molecule has 110 valence electrons. The van der Waals surface area contributed by atoms with Crippen LogP contribution in [0, 0.1) is 20.8 Å². The van der Waals surface area contributed by atoms with E-state index in [1.165, 1.54) is 6.08 Å². The van der Waals surface area contributed by atoms with Crippen molar-refractivity contribution in [1.82, 2.24) is 0 Å². The number of allylic oxidation sites excluding steroid dienone is 2. The van der Waals surface area contributed by atoms with Crippen LogP contribution in [-0.2, 0) is 0 Å². The molecule has 3 heteroatoms. The van der Waals surface area contributed by atoms with Gasteiger partial charge in [0.1, 0.15) is 5.75 Å². The number of carbonyl (C=O) groups is 2. The van der Waals surface area contributed by atoms with Gasteiger partial charge >= 0.3 is 0 Å². The quantitative estimate of drug-likeness (QED) is 0.621. The minimum Gasteiger partial charge on any atom is -0.452 e. The highest BCUT2D eigenvalue weighted by Gasteiger charge is 2.31. The lowest BCUT2D eigenvalue weighted by Gasteiger charge is -2.07. The van der Waals surface area contributed by atoms with Gasteiger partial charge in [-0.25, -0.2) is 0 Å². The number of aryl methyl sites for hydroxylation is 2. The third-order valence-corrected chi connectivity index (χ3v) is 3.97. The largest absolute Gasteiger partial charge is 0.452 e. The molecule has 2 aromatic rings. The lowest BCUT2D eigenvalue weighted by molar-refractivity contribution is 0.0990. The monoisotopic (exact) mass is 292 g/mol. The Morgan fingerprint density at radius 3 is 2.41 bits per heavy atom. The summed E-state index contributed by atoms with van der Waals surface area (Å²) in [6.07, 6.45) is 1.28. The molecule has 3 nitrogen and oxygen atoms in total. The van der Waals surface area contributed by atoms with Crippen LogP contribution in [0.5, 0.6) is 5.75 Å². The van der Waals surface area contributed by atoms with Crippen LogP contribution in [0.2, 0.25) is 0 Å². The minimum absolute atomic E-state index is 0.0978. The Balaban J connectivity index is 2.01. The maximum Gasteiger partial charge on any atom is 0.232 e. The molecule has 0 unspecified atom stereocenters. The molecule has 0 saturated carbocycles. The Labute approximate surface area is 129 Å². The van der Waals surface area contributed by atoms with E-state index in [0.717, 1.165) is 16.7 Å². The van der Waals surface area contributed by atoms with Crippen LogP contribution in [0.25, 0.3) is 0 Å². The molecular formula is C19H16O3. The second-order valence-electron chi connectivity index (χ2n) is 5.51. The van der Waals surface area contributed by atoms with Crippen LogP contribution in [0.15, 0.2) is 48.2 Å². The van der Waals surface area contributed by atoms with E-state index in [1.807, 2.05) is 32.9 Å². The van der Waals surface area contributed by atoms with Crippen LogP contribution >= 0.6 is 0 Å². The highest BCUT2D eigenvalue weighted by molar-refractivity contribution is 6.18. The molecule has 0 fully saturated rings. The number of rotatable bonds is 2. The third kappa shape index (κ3) is 2.25. The van der Waals surface area contributed by atoms with Crippen molar-refractivity contribution in [1.29, 1.82) is 0 Å². The van der Waals surface area contributed by atoms with E-state index in [4.69, 9.17) is 4.74 Å². The first-order chi connectivity index (χ1) is 10.5. The average molecular weight is 292 g/mol. The van der Waals surface area contributed by atoms with Crippen LogP contribution in [0.3, 0.4) is 0 Å². The van der Waals surface area contributed by atoms with E-state index in [0.29, 0.717) is 16.9 Å². The molecular weight excluding hydrogens is 276 g/mol. The van der Waals surface area contributed by atoms with Gasteiger partial charge in [-0.15, -0.1) is 0 Å². The van der Waals surface area contributed by atoms with Gasteiger partial charge < -0.3 is 4.74 Å². The summed E-state index contributed by atoms with van der Waals surface area (Å²) < 4.78 is 5.69. The van der Waals surface area contributed by atoms with Gasteiger partial charge in [0.2, 0.25) is 5.78 Å². The van der Waals surface area contributed by atoms with E-state index in [9.17, 15) is 9.59 Å². The second kappa shape index (κ2) is 5.26. The first-order valence-electron chi connectivity index (χ1n) is 7.13. The molecule has 1 aliphatic rings. The van der Waals surface area contributed by atoms with Gasteiger partial charge in [-0.2, -0.15) is 0 Å². The fourth-order valence-corrected chi connectivity index (χ4v) is 2.64. The predicted octanol–water partition coefficient (Wildman–Crippen LogP) is 3.95. The molecule has 1 heterocycles. The van der Waals surface area contributed by atoms with E-state index in [-0.39, 0.29) is 17.3 Å². The zero-order valence-electron chi connectivity index (χ0n) is 12.8. The summed E-state index contributed by atoms with van der Waals surface area (Å²) in [6, 6.07) is 10.8. The number of ether oxygens (including phenoxy) is 1. The standard InChI is InChI=1S/C19H16O3/c1-11-9-12(2)17-18(21)16(22-19(17)13(11)3)10-15(20)14-7-5-4-6-8-14/h4-10H,1-3H3/b16-10-. The summed E-state index contributed by atoms with van der Waals surface area (Å²) in [5.41, 5.74) is 3.98. The number of fused-ring (bicyclic) bond motifs is 1. The number of carbonyl (C=O) groups excluding carboxylic acids is 2. The summed E-state index contributed by atoms with van der Waals surface area (Å²) in [7, 11) is 0. The van der Waals surface area contributed by atoms with Crippen molar-refractivity contribution >= 4 is 11.6 Å². The summed E-state index contributed by atoms with van der Waals surface area (Å²) in [4.78, 5) is 24.7. The van der Waals surface area contributed by atoms with Crippen molar-refractivity contribution in [2.75, 3.05) is 0 Å². The SMILES string of the molecule is Cc1cc(C)c2c(c1C)O/C(=C\C(=O)c1ccccc1)C2=O. The lowest BCUT2D eigenvalue weighted by atomic mass is 9.97. The molecule has 0 bridgehead atoms. The maximum atomic E-state index is 12.5. The van der Waals surface area contributed by atoms with Crippen LogP contribution in [-0.4, -0.2) is 11.6 Å². The molecule has 0 aromatic heterocycles. The molecule has 3 rings (SSSR count). The van der Waals surface area contributed by atoms with Crippen molar-refractivity contribution < 1.29 is 14.3 Å². The zero-order valence-corrected chi connectivity index (χ0v) is 12.8. The highest BCUT2D eigenvalue weighted by atomic mass is 16.5. The summed E-state index contributed by atoms with van der Waals surface area (Å²) in [6.45, 7) is 5.78. The molecule has 0 N–H and O–H groups in total. The predicted molar refractivity (Wildman–Crippen MR) is 84.5 cm³/mol. The molecule has 22 heavy (non-hydrogen) atoms. The lowest BCUT2D eigenvalue weighted by Crippen LogP contribution is -2.04. The van der Waals surface area contributed by atoms with Gasteiger partial charge in [-0.05, 0) is 37.5 Å². The molecule has 0 spiro atoms. The Hall–Kier alpha value is -2.68. The smallest absolute Gasteiger partial charge is 0.232 e. The highest BCUT2D eigenvalue weighted by Crippen LogP contribution is 2.38. The van der Waals surface area contributed by atoms with E-state index < -0.39 is 0 Å². The van der Waals surface area contributed by atoms with E-state index in [1.54, 1.807) is 24.3 Å². The van der Waals surface area contributed by atoms with E-state index >= 15 is 0 Å². The first-order valence-corrected chi connectivity index (χ1v) is 7.13. The molecule has 0 amide bonds. The minimum atomic E-state index is -0.233. The van der Waals surface area contributed by atoms with Crippen LogP contribution in [0.1, 0.15) is 37.4 Å².